The second-order valence-electron chi connectivity index (χ2n) is 6.21. The molecule has 0 saturated carbocycles. The maximum Gasteiger partial charge on any atom is 0.227 e. The number of carbonyl (C=O) groups excluding carboxylic acids is 1. The van der Waals surface area contributed by atoms with Gasteiger partial charge in [-0.25, -0.2) is 0 Å². The average molecular weight is 303 g/mol. The van der Waals surface area contributed by atoms with Crippen LogP contribution in [-0.4, -0.2) is 48.4 Å². The van der Waals surface area contributed by atoms with Crippen molar-refractivity contribution in [3.8, 4) is 0 Å². The van der Waals surface area contributed by atoms with Gasteiger partial charge in [-0.2, -0.15) is 0 Å². The van der Waals surface area contributed by atoms with E-state index in [1.165, 1.54) is 18.7 Å². The summed E-state index contributed by atoms with van der Waals surface area (Å²) >= 11 is 0. The third-order valence-corrected chi connectivity index (χ3v) is 4.60. The van der Waals surface area contributed by atoms with Gasteiger partial charge in [0.05, 0.1) is 0 Å². The minimum Gasteiger partial charge on any atom is -0.326 e. The number of anilines is 1. The van der Waals surface area contributed by atoms with Gasteiger partial charge in [0.25, 0.3) is 0 Å². The first kappa shape index (κ1) is 17.0. The van der Waals surface area contributed by atoms with Crippen LogP contribution in [0, 0.1) is 5.92 Å². The normalized spacial score (nSPS) is 18.1. The van der Waals surface area contributed by atoms with E-state index in [-0.39, 0.29) is 11.8 Å². The molecular formula is C18H29N3O. The number of likely N-dealkylation sites (N-methyl/N-ethyl adjacent to an activating group) is 1. The van der Waals surface area contributed by atoms with Crippen LogP contribution in [0.1, 0.15) is 32.8 Å². The van der Waals surface area contributed by atoms with E-state index in [1.807, 2.05) is 26.0 Å². The van der Waals surface area contributed by atoms with Crippen molar-refractivity contribution in [3.63, 3.8) is 0 Å². The van der Waals surface area contributed by atoms with Crippen LogP contribution in [0.15, 0.2) is 24.3 Å². The van der Waals surface area contributed by atoms with Crippen molar-refractivity contribution in [2.45, 2.75) is 33.7 Å². The molecule has 4 heteroatoms. The summed E-state index contributed by atoms with van der Waals surface area (Å²) in [6, 6.07) is 8.27. The predicted molar refractivity (Wildman–Crippen MR) is 91.9 cm³/mol. The SMILES string of the molecule is CC[C@H](C)C(=O)Nc1ccc(CN2CCN(CC)CC2)cc1. The molecule has 0 aliphatic carbocycles. The van der Waals surface area contributed by atoms with Gasteiger partial charge < -0.3 is 10.2 Å². The lowest BCUT2D eigenvalue weighted by Crippen LogP contribution is -2.45. The number of rotatable bonds is 6. The molecule has 0 radical (unpaired) electrons. The van der Waals surface area contributed by atoms with E-state index in [4.69, 9.17) is 0 Å². The highest BCUT2D eigenvalue weighted by molar-refractivity contribution is 5.92. The van der Waals surface area contributed by atoms with Gasteiger partial charge in [0.15, 0.2) is 0 Å². The largest absolute Gasteiger partial charge is 0.326 e. The molecule has 0 bridgehead atoms. The van der Waals surface area contributed by atoms with E-state index >= 15 is 0 Å². The molecule has 1 aromatic carbocycles. The van der Waals surface area contributed by atoms with Crippen molar-refractivity contribution in [1.29, 1.82) is 0 Å². The number of hydrogen-bond acceptors (Lipinski definition) is 3. The van der Waals surface area contributed by atoms with Crippen LogP contribution in [0.4, 0.5) is 5.69 Å². The topological polar surface area (TPSA) is 35.6 Å². The Morgan fingerprint density at radius 3 is 2.23 bits per heavy atom. The zero-order chi connectivity index (χ0) is 15.9. The molecule has 1 amide bonds. The van der Waals surface area contributed by atoms with E-state index < -0.39 is 0 Å². The van der Waals surface area contributed by atoms with Crippen molar-refractivity contribution < 1.29 is 4.79 Å². The first-order valence-corrected chi connectivity index (χ1v) is 8.46. The molecule has 1 heterocycles. The monoisotopic (exact) mass is 303 g/mol. The minimum absolute atomic E-state index is 0.0644. The summed E-state index contributed by atoms with van der Waals surface area (Å²) in [7, 11) is 0. The van der Waals surface area contributed by atoms with Gasteiger partial charge in [0.2, 0.25) is 5.91 Å². The smallest absolute Gasteiger partial charge is 0.227 e. The number of amides is 1. The Bertz CT molecular complexity index is 464. The molecule has 1 N–H and O–H groups in total. The van der Waals surface area contributed by atoms with Crippen molar-refractivity contribution in [2.75, 3.05) is 38.0 Å². The number of carbonyl (C=O) groups is 1. The second-order valence-corrected chi connectivity index (χ2v) is 6.21. The molecule has 0 spiro atoms. The highest BCUT2D eigenvalue weighted by Gasteiger charge is 2.15. The number of hydrogen-bond donors (Lipinski definition) is 1. The van der Waals surface area contributed by atoms with Crippen LogP contribution in [0.5, 0.6) is 0 Å². The van der Waals surface area contributed by atoms with Crippen molar-refractivity contribution >= 4 is 11.6 Å². The predicted octanol–water partition coefficient (Wildman–Crippen LogP) is 2.81. The molecule has 1 atom stereocenters. The van der Waals surface area contributed by atoms with Gasteiger partial charge in [-0.1, -0.05) is 32.9 Å². The van der Waals surface area contributed by atoms with Crippen molar-refractivity contribution in [1.82, 2.24) is 9.80 Å². The Kier molecular flexibility index (Phi) is 6.40. The Morgan fingerprint density at radius 1 is 1.09 bits per heavy atom. The lowest BCUT2D eigenvalue weighted by Gasteiger charge is -2.34. The molecule has 1 aliphatic rings. The summed E-state index contributed by atoms with van der Waals surface area (Å²) in [5.41, 5.74) is 2.20. The molecule has 1 saturated heterocycles. The maximum atomic E-state index is 11.9. The van der Waals surface area contributed by atoms with Crippen molar-refractivity contribution in [3.05, 3.63) is 29.8 Å². The number of piperazine rings is 1. The molecule has 1 aromatic rings. The summed E-state index contributed by atoms with van der Waals surface area (Å²) in [6.45, 7) is 13.0. The van der Waals surface area contributed by atoms with Crippen LogP contribution in [0.25, 0.3) is 0 Å². The van der Waals surface area contributed by atoms with Crippen molar-refractivity contribution in [2.24, 2.45) is 5.92 Å². The summed E-state index contributed by atoms with van der Waals surface area (Å²) in [6.07, 6.45) is 0.869. The Labute approximate surface area is 134 Å². The Hall–Kier alpha value is -1.39. The molecular weight excluding hydrogens is 274 g/mol. The average Bonchev–Trinajstić information content (AvgIpc) is 2.56. The summed E-state index contributed by atoms with van der Waals surface area (Å²) < 4.78 is 0. The van der Waals surface area contributed by atoms with E-state index in [1.54, 1.807) is 0 Å². The molecule has 1 fully saturated rings. The summed E-state index contributed by atoms with van der Waals surface area (Å²) in [5.74, 6) is 0.167. The number of nitrogens with zero attached hydrogens (tertiary/aromatic N) is 2. The van der Waals surface area contributed by atoms with Gasteiger partial charge in [0.1, 0.15) is 0 Å². The van der Waals surface area contributed by atoms with Crippen LogP contribution >= 0.6 is 0 Å². The summed E-state index contributed by atoms with van der Waals surface area (Å²) in [4.78, 5) is 16.9. The van der Waals surface area contributed by atoms with Gasteiger partial charge in [0, 0.05) is 44.3 Å². The van der Waals surface area contributed by atoms with Crippen LogP contribution in [-0.2, 0) is 11.3 Å². The first-order chi connectivity index (χ1) is 10.6. The van der Waals surface area contributed by atoms with Crippen LogP contribution in [0.3, 0.4) is 0 Å². The fourth-order valence-corrected chi connectivity index (χ4v) is 2.67. The third kappa shape index (κ3) is 4.82. The highest BCUT2D eigenvalue weighted by Crippen LogP contribution is 2.14. The molecule has 0 unspecified atom stereocenters. The molecule has 1 aliphatic heterocycles. The van der Waals surface area contributed by atoms with E-state index in [0.717, 1.165) is 38.3 Å². The highest BCUT2D eigenvalue weighted by atomic mass is 16.1. The molecule has 122 valence electrons. The van der Waals surface area contributed by atoms with Gasteiger partial charge in [-0.3, -0.25) is 9.69 Å². The zero-order valence-electron chi connectivity index (χ0n) is 14.1. The number of benzene rings is 1. The Morgan fingerprint density at radius 2 is 1.68 bits per heavy atom. The van der Waals surface area contributed by atoms with Crippen LogP contribution < -0.4 is 5.32 Å². The molecule has 2 rings (SSSR count). The molecule has 22 heavy (non-hydrogen) atoms. The standard InChI is InChI=1S/C18H29N3O/c1-4-15(3)18(22)19-17-8-6-16(7-9-17)14-21-12-10-20(5-2)11-13-21/h6-9,15H,4-5,10-14H2,1-3H3,(H,19,22)/t15-/m0/s1. The van der Waals surface area contributed by atoms with E-state index in [2.05, 4.69) is 34.2 Å². The first-order valence-electron chi connectivity index (χ1n) is 8.46. The second kappa shape index (κ2) is 8.30. The van der Waals surface area contributed by atoms with E-state index in [0.29, 0.717) is 0 Å². The quantitative estimate of drug-likeness (QED) is 0.878. The minimum atomic E-state index is 0.0644. The fourth-order valence-electron chi connectivity index (χ4n) is 2.67. The van der Waals surface area contributed by atoms with Gasteiger partial charge >= 0.3 is 0 Å². The number of nitrogens with one attached hydrogen (secondary N) is 1. The Balaban J connectivity index is 1.83. The van der Waals surface area contributed by atoms with Gasteiger partial charge in [-0.05, 0) is 30.7 Å². The fraction of sp³-hybridized carbons (Fsp3) is 0.611. The maximum absolute atomic E-state index is 11.9. The molecule has 0 aromatic heterocycles. The summed E-state index contributed by atoms with van der Waals surface area (Å²) in [5, 5.41) is 2.98. The van der Waals surface area contributed by atoms with Crippen LogP contribution in [0.2, 0.25) is 0 Å². The lowest BCUT2D eigenvalue weighted by molar-refractivity contribution is -0.119. The van der Waals surface area contributed by atoms with E-state index in [9.17, 15) is 4.79 Å². The lowest BCUT2D eigenvalue weighted by atomic mass is 10.1. The zero-order valence-corrected chi connectivity index (χ0v) is 14.1. The third-order valence-electron chi connectivity index (χ3n) is 4.60. The van der Waals surface area contributed by atoms with Gasteiger partial charge in [-0.15, -0.1) is 0 Å². The molecule has 4 nitrogen and oxygen atoms in total.